The van der Waals surface area contributed by atoms with Gasteiger partial charge in [-0.15, -0.1) is 23.2 Å². The molecule has 0 spiro atoms. The van der Waals surface area contributed by atoms with Crippen molar-refractivity contribution in [3.63, 3.8) is 0 Å². The molecule has 1 aromatic rings. The number of amides is 4. The Balaban J connectivity index is 2.41. The number of carbonyl (C=O) groups excluding carboxylic acids is 4. The summed E-state index contributed by atoms with van der Waals surface area (Å²) in [6.07, 6.45) is -4.30. The summed E-state index contributed by atoms with van der Waals surface area (Å²) in [5.74, 6) is -1.53. The third-order valence-corrected chi connectivity index (χ3v) is 5.84. The third-order valence-electron chi connectivity index (χ3n) is 4.81. The second-order valence-corrected chi connectivity index (χ2v) is 9.18. The van der Waals surface area contributed by atoms with Gasteiger partial charge >= 0.3 is 12.2 Å². The first-order valence-corrected chi connectivity index (χ1v) is 12.9. The van der Waals surface area contributed by atoms with Crippen LogP contribution in [0.15, 0.2) is 34.3 Å². The number of alkyl carbamates (subject to hydrolysis) is 2. The Bertz CT molecular complexity index is 1020. The fourth-order valence-corrected chi connectivity index (χ4v) is 3.73. The number of nitrogens with one attached hydrogen (secondary N) is 3. The number of benzene rings is 1. The van der Waals surface area contributed by atoms with E-state index in [1.54, 1.807) is 0 Å². The van der Waals surface area contributed by atoms with Gasteiger partial charge in [0.1, 0.15) is 17.7 Å². The standard InChI is InChI=1S/C22H26BrCl2FN4O7/c23-14-2-1-13(26)11-15(14)35-16-9-12(20(32)28-6-3-18(27)31)10-17(36-21(33)29-7-4-24)19(16)37-22(34)30-8-5-25/h1-2,9,11,16-17,19H,3-8,10H2,(H2,27,31)(H,28,32)(H,29,33)(H,30,34)/t16-,17-,19+/m1/s1. The van der Waals surface area contributed by atoms with Crippen LogP contribution in [-0.2, 0) is 19.1 Å². The van der Waals surface area contributed by atoms with Crippen LogP contribution in [0.25, 0.3) is 0 Å². The number of hydrogen-bond donors (Lipinski definition) is 4. The zero-order chi connectivity index (χ0) is 27.4. The van der Waals surface area contributed by atoms with E-state index in [4.69, 9.17) is 43.1 Å². The Hall–Kier alpha value is -2.77. The van der Waals surface area contributed by atoms with E-state index in [1.807, 2.05) is 0 Å². The second kappa shape index (κ2) is 15.5. The number of ether oxygens (including phenoxy) is 3. The fourth-order valence-electron chi connectivity index (χ4n) is 3.20. The van der Waals surface area contributed by atoms with Crippen LogP contribution in [0.2, 0.25) is 0 Å². The highest BCUT2D eigenvalue weighted by atomic mass is 79.9. The van der Waals surface area contributed by atoms with Crippen molar-refractivity contribution in [2.75, 3.05) is 31.4 Å². The van der Waals surface area contributed by atoms with Crippen molar-refractivity contribution in [1.82, 2.24) is 16.0 Å². The first-order valence-electron chi connectivity index (χ1n) is 11.0. The Labute approximate surface area is 230 Å². The van der Waals surface area contributed by atoms with Gasteiger partial charge in [-0.3, -0.25) is 9.59 Å². The maximum absolute atomic E-state index is 13.9. The summed E-state index contributed by atoms with van der Waals surface area (Å²) in [6.45, 7) is 0.162. The van der Waals surface area contributed by atoms with Crippen molar-refractivity contribution in [2.45, 2.75) is 31.2 Å². The molecule has 0 radical (unpaired) electrons. The molecule has 0 saturated heterocycles. The lowest BCUT2D eigenvalue weighted by molar-refractivity contribution is -0.119. The van der Waals surface area contributed by atoms with Crippen molar-refractivity contribution >= 4 is 63.1 Å². The predicted molar refractivity (Wildman–Crippen MR) is 136 cm³/mol. The summed E-state index contributed by atoms with van der Waals surface area (Å²) in [5, 5.41) is 7.39. The highest BCUT2D eigenvalue weighted by Gasteiger charge is 2.42. The van der Waals surface area contributed by atoms with Crippen molar-refractivity contribution in [2.24, 2.45) is 5.73 Å². The number of hydrogen-bond acceptors (Lipinski definition) is 7. The van der Waals surface area contributed by atoms with Crippen LogP contribution < -0.4 is 26.4 Å². The summed E-state index contributed by atoms with van der Waals surface area (Å²) in [5.41, 5.74) is 5.22. The van der Waals surface area contributed by atoms with E-state index in [0.717, 1.165) is 6.07 Å². The van der Waals surface area contributed by atoms with Gasteiger partial charge < -0.3 is 35.9 Å². The lowest BCUT2D eigenvalue weighted by Crippen LogP contribution is -2.51. The number of rotatable bonds is 12. The molecule has 3 atom stereocenters. The maximum Gasteiger partial charge on any atom is 0.407 e. The van der Waals surface area contributed by atoms with E-state index in [-0.39, 0.29) is 55.6 Å². The molecule has 0 aliphatic heterocycles. The maximum atomic E-state index is 13.9. The first-order chi connectivity index (χ1) is 17.6. The fraction of sp³-hybridized carbons (Fsp3) is 0.455. The lowest BCUT2D eigenvalue weighted by Gasteiger charge is -2.35. The van der Waals surface area contributed by atoms with Gasteiger partial charge in [0.25, 0.3) is 0 Å². The lowest BCUT2D eigenvalue weighted by atomic mass is 9.91. The first kappa shape index (κ1) is 30.5. The van der Waals surface area contributed by atoms with Gasteiger partial charge in [-0.25, -0.2) is 14.0 Å². The molecule has 0 fully saturated rings. The van der Waals surface area contributed by atoms with Gasteiger partial charge in [-0.2, -0.15) is 0 Å². The van der Waals surface area contributed by atoms with Crippen LogP contribution >= 0.6 is 39.1 Å². The minimum absolute atomic E-state index is 0.0328. The third kappa shape index (κ3) is 10.3. The SMILES string of the molecule is NC(=O)CCNC(=O)C1=C[C@@H](Oc2cc(F)ccc2Br)[C@H](OC(=O)NCCCl)[C@H](OC(=O)NCCCl)C1. The Morgan fingerprint density at radius 3 is 2.30 bits per heavy atom. The van der Waals surface area contributed by atoms with Crippen LogP contribution in [0.5, 0.6) is 5.75 Å². The smallest absolute Gasteiger partial charge is 0.407 e. The van der Waals surface area contributed by atoms with Gasteiger partial charge in [0.2, 0.25) is 11.8 Å². The average molecular weight is 628 g/mol. The molecule has 5 N–H and O–H groups in total. The van der Waals surface area contributed by atoms with Crippen LogP contribution in [-0.4, -0.2) is 73.7 Å². The molecule has 0 unspecified atom stereocenters. The van der Waals surface area contributed by atoms with E-state index in [1.165, 1.54) is 18.2 Å². The molecule has 204 valence electrons. The van der Waals surface area contributed by atoms with Gasteiger partial charge in [-0.1, -0.05) is 0 Å². The van der Waals surface area contributed by atoms with Gasteiger partial charge in [0.15, 0.2) is 12.2 Å². The zero-order valence-electron chi connectivity index (χ0n) is 19.4. The molecule has 0 heterocycles. The molecule has 0 aromatic heterocycles. The molecule has 0 bridgehead atoms. The van der Waals surface area contributed by atoms with Crippen molar-refractivity contribution in [1.29, 1.82) is 0 Å². The van der Waals surface area contributed by atoms with Gasteiger partial charge in [0, 0.05) is 55.9 Å². The summed E-state index contributed by atoms with van der Waals surface area (Å²) in [4.78, 5) is 48.5. The van der Waals surface area contributed by atoms with Gasteiger partial charge in [0.05, 0.1) is 4.47 Å². The van der Waals surface area contributed by atoms with E-state index in [2.05, 4.69) is 31.9 Å². The van der Waals surface area contributed by atoms with Crippen LogP contribution in [0.3, 0.4) is 0 Å². The van der Waals surface area contributed by atoms with E-state index in [9.17, 15) is 23.6 Å². The Morgan fingerprint density at radius 2 is 1.68 bits per heavy atom. The topological polar surface area (TPSA) is 158 Å². The van der Waals surface area contributed by atoms with Crippen molar-refractivity contribution in [3.8, 4) is 5.75 Å². The van der Waals surface area contributed by atoms with E-state index >= 15 is 0 Å². The van der Waals surface area contributed by atoms with Crippen molar-refractivity contribution in [3.05, 3.63) is 40.1 Å². The quantitative estimate of drug-likeness (QED) is 0.259. The van der Waals surface area contributed by atoms with E-state index < -0.39 is 48.1 Å². The zero-order valence-corrected chi connectivity index (χ0v) is 22.5. The summed E-state index contributed by atoms with van der Waals surface area (Å²) < 4.78 is 31.2. The highest BCUT2D eigenvalue weighted by molar-refractivity contribution is 9.10. The molecule has 11 nitrogen and oxygen atoms in total. The number of alkyl halides is 2. The summed E-state index contributed by atoms with van der Waals surface area (Å²) in [7, 11) is 0. The molecule has 1 aliphatic carbocycles. The largest absolute Gasteiger partial charge is 0.481 e. The Kier molecular flexibility index (Phi) is 12.7. The van der Waals surface area contributed by atoms with Crippen LogP contribution in [0.1, 0.15) is 12.8 Å². The number of primary amides is 1. The predicted octanol–water partition coefficient (Wildman–Crippen LogP) is 2.32. The normalized spacial score (nSPS) is 18.7. The molecule has 1 aromatic carbocycles. The van der Waals surface area contributed by atoms with Crippen LogP contribution in [0, 0.1) is 5.82 Å². The van der Waals surface area contributed by atoms with Gasteiger partial charge in [-0.05, 0) is 34.1 Å². The highest BCUT2D eigenvalue weighted by Crippen LogP contribution is 2.32. The molecule has 2 rings (SSSR count). The molecular weight excluding hydrogens is 602 g/mol. The second-order valence-electron chi connectivity index (χ2n) is 7.57. The van der Waals surface area contributed by atoms with Crippen LogP contribution in [0.4, 0.5) is 14.0 Å². The minimum atomic E-state index is -1.26. The number of nitrogens with two attached hydrogens (primary N) is 1. The molecule has 1 aliphatic rings. The Morgan fingerprint density at radius 1 is 1.03 bits per heavy atom. The minimum Gasteiger partial charge on any atom is -0.481 e. The number of carbonyl (C=O) groups is 4. The van der Waals surface area contributed by atoms with Crippen molar-refractivity contribution < 1.29 is 37.8 Å². The summed E-state index contributed by atoms with van der Waals surface area (Å²) in [6, 6.07) is 3.70. The summed E-state index contributed by atoms with van der Waals surface area (Å²) >= 11 is 14.5. The number of halogens is 4. The monoisotopic (exact) mass is 626 g/mol. The molecule has 15 heteroatoms. The molecular formula is C22H26BrCl2FN4O7. The molecule has 0 saturated carbocycles. The molecule has 37 heavy (non-hydrogen) atoms. The van der Waals surface area contributed by atoms with E-state index in [0.29, 0.717) is 4.47 Å². The average Bonchev–Trinajstić information content (AvgIpc) is 2.85. The molecule has 4 amide bonds.